The largest absolute Gasteiger partial charge is 0.369 e. The Morgan fingerprint density at radius 1 is 1.58 bits per heavy atom. The van der Waals surface area contributed by atoms with Gasteiger partial charge in [0.2, 0.25) is 10.0 Å². The summed E-state index contributed by atoms with van der Waals surface area (Å²) in [6.45, 7) is 4.28. The maximum atomic E-state index is 12.4. The van der Waals surface area contributed by atoms with E-state index < -0.39 is 10.0 Å². The van der Waals surface area contributed by atoms with Gasteiger partial charge in [0.15, 0.2) is 0 Å². The van der Waals surface area contributed by atoms with Gasteiger partial charge in [0.25, 0.3) is 0 Å². The van der Waals surface area contributed by atoms with E-state index in [4.69, 9.17) is 5.26 Å². The van der Waals surface area contributed by atoms with Crippen molar-refractivity contribution in [3.05, 3.63) is 18.3 Å². The van der Waals surface area contributed by atoms with Crippen LogP contribution in [0.5, 0.6) is 0 Å². The van der Waals surface area contributed by atoms with Crippen molar-refractivity contribution in [1.82, 2.24) is 9.29 Å². The number of pyridine rings is 1. The molecule has 104 valence electrons. The number of hydrogen-bond acceptors (Lipinski definition) is 5. The molecule has 0 aliphatic heterocycles. The molecule has 1 N–H and O–H groups in total. The number of aromatic nitrogens is 1. The van der Waals surface area contributed by atoms with Crippen LogP contribution in [-0.2, 0) is 10.0 Å². The van der Waals surface area contributed by atoms with Gasteiger partial charge < -0.3 is 5.32 Å². The molecular weight excluding hydrogens is 264 g/mol. The fourth-order valence-corrected chi connectivity index (χ4v) is 2.97. The Hall–Kier alpha value is -1.65. The monoisotopic (exact) mass is 282 g/mol. The van der Waals surface area contributed by atoms with Gasteiger partial charge in [-0.25, -0.2) is 13.4 Å². The molecule has 6 nitrogen and oxygen atoms in total. The zero-order valence-corrected chi connectivity index (χ0v) is 12.1. The molecule has 19 heavy (non-hydrogen) atoms. The fourth-order valence-electron chi connectivity index (χ4n) is 1.59. The van der Waals surface area contributed by atoms with Gasteiger partial charge in [-0.2, -0.15) is 9.57 Å². The number of rotatable bonds is 6. The lowest BCUT2D eigenvalue weighted by molar-refractivity contribution is 0.439. The zero-order valence-electron chi connectivity index (χ0n) is 11.3. The van der Waals surface area contributed by atoms with Crippen LogP contribution in [0.3, 0.4) is 0 Å². The van der Waals surface area contributed by atoms with Crippen LogP contribution >= 0.6 is 0 Å². The van der Waals surface area contributed by atoms with Crippen molar-refractivity contribution < 1.29 is 8.42 Å². The SMILES string of the molecule is CCNc1ncccc1S(=O)(=O)N(C)CC(C)C#N. The predicted octanol–water partition coefficient (Wildman–Crippen LogP) is 1.29. The average Bonchev–Trinajstić information content (AvgIpc) is 2.39. The van der Waals surface area contributed by atoms with Gasteiger partial charge >= 0.3 is 0 Å². The normalized spacial score (nSPS) is 13.0. The molecule has 1 atom stereocenters. The van der Waals surface area contributed by atoms with Crippen molar-refractivity contribution in [1.29, 1.82) is 5.26 Å². The summed E-state index contributed by atoms with van der Waals surface area (Å²) >= 11 is 0. The Labute approximate surface area is 114 Å². The highest BCUT2D eigenvalue weighted by Gasteiger charge is 2.25. The van der Waals surface area contributed by atoms with E-state index >= 15 is 0 Å². The number of anilines is 1. The standard InChI is InChI=1S/C12H18N4O2S/c1-4-14-12-11(6-5-7-15-12)19(17,18)16(3)9-10(2)8-13/h5-7,10H,4,9H2,1-3H3,(H,14,15). The predicted molar refractivity (Wildman–Crippen MR) is 73.0 cm³/mol. The zero-order chi connectivity index (χ0) is 14.5. The minimum Gasteiger partial charge on any atom is -0.369 e. The van der Waals surface area contributed by atoms with Crippen LogP contribution in [0.2, 0.25) is 0 Å². The molecule has 1 heterocycles. The fraction of sp³-hybridized carbons (Fsp3) is 0.500. The minimum absolute atomic E-state index is 0.129. The van der Waals surface area contributed by atoms with E-state index in [-0.39, 0.29) is 17.4 Å². The molecule has 1 rings (SSSR count). The molecule has 0 radical (unpaired) electrons. The van der Waals surface area contributed by atoms with Crippen LogP contribution in [0.4, 0.5) is 5.82 Å². The van der Waals surface area contributed by atoms with Crippen molar-refractivity contribution in [2.45, 2.75) is 18.7 Å². The summed E-state index contributed by atoms with van der Waals surface area (Å²) in [5, 5.41) is 11.7. The molecule has 1 unspecified atom stereocenters. The molecule has 0 fully saturated rings. The molecule has 0 aromatic carbocycles. The molecule has 0 amide bonds. The summed E-state index contributed by atoms with van der Waals surface area (Å²) < 4.78 is 26.0. The quantitative estimate of drug-likeness (QED) is 0.849. The molecule has 0 aliphatic rings. The Morgan fingerprint density at radius 2 is 2.26 bits per heavy atom. The molecule has 0 saturated carbocycles. The highest BCUT2D eigenvalue weighted by atomic mass is 32.2. The van der Waals surface area contributed by atoms with Gasteiger partial charge in [-0.05, 0) is 26.0 Å². The van der Waals surface area contributed by atoms with Gasteiger partial charge in [-0.3, -0.25) is 0 Å². The molecule has 0 bridgehead atoms. The van der Waals surface area contributed by atoms with Gasteiger partial charge in [-0.1, -0.05) is 0 Å². The van der Waals surface area contributed by atoms with Crippen LogP contribution in [0.25, 0.3) is 0 Å². The maximum Gasteiger partial charge on any atom is 0.246 e. The third-order valence-electron chi connectivity index (χ3n) is 2.55. The van der Waals surface area contributed by atoms with Crippen molar-refractivity contribution in [3.8, 4) is 6.07 Å². The van der Waals surface area contributed by atoms with E-state index in [0.717, 1.165) is 0 Å². The van der Waals surface area contributed by atoms with Crippen LogP contribution in [0.15, 0.2) is 23.2 Å². The van der Waals surface area contributed by atoms with Gasteiger partial charge in [0.1, 0.15) is 10.7 Å². The van der Waals surface area contributed by atoms with Gasteiger partial charge in [0, 0.05) is 26.3 Å². The second-order valence-electron chi connectivity index (χ2n) is 4.20. The van der Waals surface area contributed by atoms with E-state index in [1.165, 1.54) is 23.6 Å². The topological polar surface area (TPSA) is 86.1 Å². The lowest BCUT2D eigenvalue weighted by Gasteiger charge is -2.19. The average molecular weight is 282 g/mol. The van der Waals surface area contributed by atoms with E-state index in [0.29, 0.717) is 12.4 Å². The summed E-state index contributed by atoms with van der Waals surface area (Å²) in [4.78, 5) is 4.16. The molecule has 1 aromatic rings. The Kier molecular flexibility index (Phi) is 5.27. The number of sulfonamides is 1. The van der Waals surface area contributed by atoms with Crippen LogP contribution in [-0.4, -0.2) is 37.8 Å². The minimum atomic E-state index is -3.64. The Bertz CT molecular complexity index is 565. The van der Waals surface area contributed by atoms with Crippen molar-refractivity contribution in [3.63, 3.8) is 0 Å². The summed E-state index contributed by atoms with van der Waals surface area (Å²) in [6.07, 6.45) is 1.54. The highest BCUT2D eigenvalue weighted by molar-refractivity contribution is 7.89. The van der Waals surface area contributed by atoms with E-state index in [1.54, 1.807) is 13.0 Å². The van der Waals surface area contributed by atoms with Crippen LogP contribution in [0, 0.1) is 17.2 Å². The van der Waals surface area contributed by atoms with Gasteiger partial charge in [-0.15, -0.1) is 0 Å². The van der Waals surface area contributed by atoms with Crippen molar-refractivity contribution in [2.24, 2.45) is 5.92 Å². The van der Waals surface area contributed by atoms with E-state index in [9.17, 15) is 8.42 Å². The van der Waals surface area contributed by atoms with Crippen LogP contribution in [0.1, 0.15) is 13.8 Å². The lowest BCUT2D eigenvalue weighted by atomic mass is 10.2. The molecule has 0 spiro atoms. The number of nitriles is 1. The molecular formula is C12H18N4O2S. The first kappa shape index (κ1) is 15.4. The first-order valence-corrected chi connectivity index (χ1v) is 7.42. The third-order valence-corrected chi connectivity index (χ3v) is 4.41. The second-order valence-corrected chi connectivity index (χ2v) is 6.21. The first-order valence-electron chi connectivity index (χ1n) is 5.98. The van der Waals surface area contributed by atoms with E-state index in [1.807, 2.05) is 13.0 Å². The van der Waals surface area contributed by atoms with Crippen molar-refractivity contribution in [2.75, 3.05) is 25.5 Å². The smallest absolute Gasteiger partial charge is 0.246 e. The molecule has 0 saturated heterocycles. The Morgan fingerprint density at radius 3 is 2.84 bits per heavy atom. The lowest BCUT2D eigenvalue weighted by Crippen LogP contribution is -2.31. The van der Waals surface area contributed by atoms with Crippen LogP contribution < -0.4 is 5.32 Å². The molecule has 7 heteroatoms. The summed E-state index contributed by atoms with van der Waals surface area (Å²) in [6, 6.07) is 5.11. The van der Waals surface area contributed by atoms with E-state index in [2.05, 4.69) is 10.3 Å². The second kappa shape index (κ2) is 6.50. The third kappa shape index (κ3) is 3.66. The van der Waals surface area contributed by atoms with Crippen molar-refractivity contribution >= 4 is 15.8 Å². The summed E-state index contributed by atoms with van der Waals surface area (Å²) in [7, 11) is -2.18. The molecule has 1 aromatic heterocycles. The van der Waals surface area contributed by atoms with Gasteiger partial charge in [0.05, 0.1) is 12.0 Å². The first-order chi connectivity index (χ1) is 8.93. The molecule has 0 aliphatic carbocycles. The maximum absolute atomic E-state index is 12.4. The Balaban J connectivity index is 3.10. The summed E-state index contributed by atoms with van der Waals surface area (Å²) in [5.41, 5.74) is 0. The number of hydrogen-bond donors (Lipinski definition) is 1. The number of nitrogens with zero attached hydrogens (tertiary/aromatic N) is 3. The summed E-state index contributed by atoms with van der Waals surface area (Å²) in [5.74, 6) is -0.0273. The highest BCUT2D eigenvalue weighted by Crippen LogP contribution is 2.21. The number of nitrogens with one attached hydrogen (secondary N) is 1.